The van der Waals surface area contributed by atoms with Crippen LogP contribution in [0.3, 0.4) is 0 Å². The van der Waals surface area contributed by atoms with Crippen LogP contribution >= 0.6 is 0 Å². The van der Waals surface area contributed by atoms with Crippen molar-refractivity contribution < 1.29 is 4.42 Å². The van der Waals surface area contributed by atoms with Crippen molar-refractivity contribution in [2.24, 2.45) is 14.1 Å². The number of rotatable bonds is 3. The number of para-hydroxylation sites is 2. The van der Waals surface area contributed by atoms with Crippen LogP contribution in [0, 0.1) is 0 Å². The second-order valence-electron chi connectivity index (χ2n) is 5.54. The molecule has 0 amide bonds. The average molecular weight is 308 g/mol. The van der Waals surface area contributed by atoms with Gasteiger partial charge < -0.3 is 14.3 Å². The smallest absolute Gasteiger partial charge is 0.408 e. The van der Waals surface area contributed by atoms with Gasteiger partial charge in [0.25, 0.3) is 0 Å². The molecular weight excluding hydrogens is 292 g/mol. The zero-order valence-corrected chi connectivity index (χ0v) is 12.9. The maximum absolute atomic E-state index is 11.5. The summed E-state index contributed by atoms with van der Waals surface area (Å²) < 4.78 is 8.77. The maximum Gasteiger partial charge on any atom is 0.419 e. The zero-order valence-electron chi connectivity index (χ0n) is 12.9. The first-order valence-corrected chi connectivity index (χ1v) is 7.37. The third-order valence-electron chi connectivity index (χ3n) is 4.12. The Hall–Kier alpha value is -3.02. The minimum Gasteiger partial charge on any atom is -0.408 e. The van der Waals surface area contributed by atoms with Gasteiger partial charge in [-0.05, 0) is 24.3 Å². The van der Waals surface area contributed by atoms with E-state index in [9.17, 15) is 4.79 Å². The van der Waals surface area contributed by atoms with Crippen molar-refractivity contribution in [2.45, 2.75) is 6.54 Å². The molecule has 4 aromatic rings. The number of nitrogens with zero attached hydrogens (tertiary/aromatic N) is 3. The van der Waals surface area contributed by atoms with E-state index in [0.29, 0.717) is 12.1 Å². The third-order valence-corrected chi connectivity index (χ3v) is 4.12. The second kappa shape index (κ2) is 5.01. The Balaban J connectivity index is 1.63. The van der Waals surface area contributed by atoms with E-state index in [-0.39, 0.29) is 5.76 Å². The molecule has 2 aromatic carbocycles. The highest BCUT2D eigenvalue weighted by atomic mass is 16.4. The minimum atomic E-state index is -0.354. The summed E-state index contributed by atoms with van der Waals surface area (Å²) in [6.45, 7) is 0.591. The Bertz CT molecular complexity index is 1070. The number of aryl methyl sites for hydroxylation is 2. The molecule has 6 heteroatoms. The van der Waals surface area contributed by atoms with Gasteiger partial charge in [0.2, 0.25) is 0 Å². The van der Waals surface area contributed by atoms with Crippen LogP contribution in [0.1, 0.15) is 5.82 Å². The first-order chi connectivity index (χ1) is 11.1. The predicted octanol–water partition coefficient (Wildman–Crippen LogP) is 2.63. The Morgan fingerprint density at radius 1 is 1.09 bits per heavy atom. The summed E-state index contributed by atoms with van der Waals surface area (Å²) >= 11 is 0. The van der Waals surface area contributed by atoms with Crippen LogP contribution in [-0.2, 0) is 20.6 Å². The Labute approximate surface area is 132 Å². The fourth-order valence-corrected chi connectivity index (χ4v) is 2.78. The van der Waals surface area contributed by atoms with Gasteiger partial charge in [0.05, 0.1) is 23.1 Å². The van der Waals surface area contributed by atoms with Gasteiger partial charge in [-0.2, -0.15) is 0 Å². The lowest BCUT2D eigenvalue weighted by Gasteiger charge is -2.06. The number of anilines is 1. The highest BCUT2D eigenvalue weighted by Crippen LogP contribution is 2.19. The third kappa shape index (κ3) is 2.19. The van der Waals surface area contributed by atoms with Crippen LogP contribution in [0.2, 0.25) is 0 Å². The van der Waals surface area contributed by atoms with Crippen molar-refractivity contribution in [1.29, 1.82) is 0 Å². The van der Waals surface area contributed by atoms with Crippen molar-refractivity contribution in [2.75, 3.05) is 5.32 Å². The van der Waals surface area contributed by atoms with Crippen LogP contribution in [0.4, 0.5) is 5.69 Å². The van der Waals surface area contributed by atoms with E-state index in [0.717, 1.165) is 28.1 Å². The van der Waals surface area contributed by atoms with Crippen molar-refractivity contribution in [1.82, 2.24) is 14.1 Å². The minimum absolute atomic E-state index is 0.354. The van der Waals surface area contributed by atoms with E-state index in [4.69, 9.17) is 4.42 Å². The molecule has 0 saturated carbocycles. The standard InChI is InChI=1S/C17H16N4O2/c1-20-13-6-4-3-5-12(13)19-16(20)10-18-11-7-8-14-15(9-11)23-17(22)21(14)2/h3-9,18H,10H2,1-2H3. The quantitative estimate of drug-likeness (QED) is 0.632. The molecule has 4 rings (SSSR count). The van der Waals surface area contributed by atoms with Crippen molar-refractivity contribution in [3.63, 3.8) is 0 Å². The number of hydrogen-bond acceptors (Lipinski definition) is 4. The molecule has 0 unspecified atom stereocenters. The van der Waals surface area contributed by atoms with Gasteiger partial charge in [0.1, 0.15) is 5.82 Å². The number of fused-ring (bicyclic) bond motifs is 2. The highest BCUT2D eigenvalue weighted by molar-refractivity contribution is 5.78. The van der Waals surface area contributed by atoms with Crippen LogP contribution in [0.25, 0.3) is 22.1 Å². The summed E-state index contributed by atoms with van der Waals surface area (Å²) in [5.74, 6) is 0.591. The van der Waals surface area contributed by atoms with Crippen LogP contribution in [0.5, 0.6) is 0 Å². The molecule has 2 heterocycles. The first-order valence-electron chi connectivity index (χ1n) is 7.37. The van der Waals surface area contributed by atoms with Gasteiger partial charge in [-0.25, -0.2) is 9.78 Å². The van der Waals surface area contributed by atoms with Crippen LogP contribution in [-0.4, -0.2) is 14.1 Å². The molecule has 0 fully saturated rings. The molecule has 116 valence electrons. The molecule has 0 atom stereocenters. The summed E-state index contributed by atoms with van der Waals surface area (Å²) in [5, 5.41) is 3.33. The fourth-order valence-electron chi connectivity index (χ4n) is 2.78. The Morgan fingerprint density at radius 2 is 1.91 bits per heavy atom. The number of oxazole rings is 1. The van der Waals surface area contributed by atoms with Crippen molar-refractivity contribution in [3.8, 4) is 0 Å². The molecule has 6 nitrogen and oxygen atoms in total. The van der Waals surface area contributed by atoms with E-state index in [1.54, 1.807) is 7.05 Å². The molecule has 0 aliphatic heterocycles. The number of aromatic nitrogens is 3. The molecular formula is C17H16N4O2. The van der Waals surface area contributed by atoms with Gasteiger partial charge in [-0.15, -0.1) is 0 Å². The highest BCUT2D eigenvalue weighted by Gasteiger charge is 2.09. The molecule has 0 spiro atoms. The monoisotopic (exact) mass is 308 g/mol. The Morgan fingerprint density at radius 3 is 2.74 bits per heavy atom. The Kier molecular flexibility index (Phi) is 2.97. The summed E-state index contributed by atoms with van der Waals surface area (Å²) in [5.41, 5.74) is 4.33. The van der Waals surface area contributed by atoms with E-state index < -0.39 is 0 Å². The molecule has 0 aliphatic carbocycles. The number of nitrogens with one attached hydrogen (secondary N) is 1. The zero-order chi connectivity index (χ0) is 16.0. The predicted molar refractivity (Wildman–Crippen MR) is 89.5 cm³/mol. The van der Waals surface area contributed by atoms with E-state index in [1.165, 1.54) is 4.57 Å². The summed E-state index contributed by atoms with van der Waals surface area (Å²) in [6, 6.07) is 13.7. The fraction of sp³-hybridized carbons (Fsp3) is 0.176. The lowest BCUT2D eigenvalue weighted by Crippen LogP contribution is -2.08. The van der Waals surface area contributed by atoms with Gasteiger partial charge >= 0.3 is 5.76 Å². The van der Waals surface area contributed by atoms with E-state index in [1.807, 2.05) is 43.4 Å². The molecule has 1 N–H and O–H groups in total. The van der Waals surface area contributed by atoms with Crippen molar-refractivity contribution in [3.05, 3.63) is 58.8 Å². The SMILES string of the molecule is Cn1c(CNc2ccc3c(c2)oc(=O)n3C)nc2ccccc21. The number of hydrogen-bond donors (Lipinski definition) is 1. The molecule has 23 heavy (non-hydrogen) atoms. The maximum atomic E-state index is 11.5. The van der Waals surface area contributed by atoms with Gasteiger partial charge in [0.15, 0.2) is 5.58 Å². The van der Waals surface area contributed by atoms with Crippen LogP contribution < -0.4 is 11.1 Å². The van der Waals surface area contributed by atoms with Crippen molar-refractivity contribution >= 4 is 27.8 Å². The van der Waals surface area contributed by atoms with Gasteiger partial charge in [0, 0.05) is 25.8 Å². The first kappa shape index (κ1) is 13.6. The van der Waals surface area contributed by atoms with Gasteiger partial charge in [-0.3, -0.25) is 4.57 Å². The lowest BCUT2D eigenvalue weighted by atomic mass is 10.3. The summed E-state index contributed by atoms with van der Waals surface area (Å²) in [7, 11) is 3.70. The lowest BCUT2D eigenvalue weighted by molar-refractivity contribution is 0.528. The largest absolute Gasteiger partial charge is 0.419 e. The molecule has 0 saturated heterocycles. The van der Waals surface area contributed by atoms with E-state index in [2.05, 4.69) is 20.9 Å². The van der Waals surface area contributed by atoms with Gasteiger partial charge in [-0.1, -0.05) is 12.1 Å². The summed E-state index contributed by atoms with van der Waals surface area (Å²) in [6.07, 6.45) is 0. The number of imidazole rings is 1. The summed E-state index contributed by atoms with van der Waals surface area (Å²) in [4.78, 5) is 16.2. The second-order valence-corrected chi connectivity index (χ2v) is 5.54. The molecule has 0 radical (unpaired) electrons. The average Bonchev–Trinajstić information content (AvgIpc) is 3.03. The molecule has 2 aromatic heterocycles. The van der Waals surface area contributed by atoms with E-state index >= 15 is 0 Å². The molecule has 0 bridgehead atoms. The number of benzene rings is 2. The molecule has 0 aliphatic rings. The van der Waals surface area contributed by atoms with Crippen LogP contribution in [0.15, 0.2) is 51.7 Å². The topological polar surface area (TPSA) is 65.0 Å². The normalized spacial score (nSPS) is 11.4.